The van der Waals surface area contributed by atoms with E-state index in [1.54, 1.807) is 21.6 Å². The fraction of sp³-hybridized carbons (Fsp3) is 0.519. The van der Waals surface area contributed by atoms with Gasteiger partial charge in [0.05, 0.1) is 25.0 Å². The van der Waals surface area contributed by atoms with Crippen molar-refractivity contribution in [1.29, 1.82) is 0 Å². The van der Waals surface area contributed by atoms with Gasteiger partial charge in [-0.05, 0) is 33.3 Å². The first kappa shape index (κ1) is 27.3. The number of methoxy groups -OCH3 is 1. The molecular weight excluding hydrogens is 518 g/mol. The van der Waals surface area contributed by atoms with E-state index in [1.165, 1.54) is 18.1 Å². The molecule has 0 radical (unpaired) electrons. The first-order valence-electron chi connectivity index (χ1n) is 13.3. The molecule has 2 aliphatic rings. The Bertz CT molecular complexity index is 1600. The number of hydrogen-bond donors (Lipinski definition) is 1. The average molecular weight is 553 g/mol. The van der Waals surface area contributed by atoms with E-state index >= 15 is 0 Å². The predicted octanol–water partition coefficient (Wildman–Crippen LogP) is 2.86. The van der Waals surface area contributed by atoms with Gasteiger partial charge in [-0.2, -0.15) is 4.58 Å². The van der Waals surface area contributed by atoms with Crippen molar-refractivity contribution in [1.82, 2.24) is 29.4 Å². The fourth-order valence-corrected chi connectivity index (χ4v) is 5.44. The topological polar surface area (TPSA) is 145 Å². The van der Waals surface area contributed by atoms with Crippen LogP contribution < -0.4 is 10.2 Å². The molecule has 5 rings (SSSR count). The molecule has 2 atom stereocenters. The Morgan fingerprint density at radius 2 is 2.00 bits per heavy atom. The Kier molecular flexibility index (Phi) is 6.84. The molecule has 212 valence electrons. The van der Waals surface area contributed by atoms with Crippen LogP contribution in [0.1, 0.15) is 65.1 Å². The normalized spacial score (nSPS) is 19.2. The van der Waals surface area contributed by atoms with Crippen LogP contribution in [0.4, 0.5) is 10.5 Å². The van der Waals surface area contributed by atoms with Gasteiger partial charge in [0.15, 0.2) is 23.4 Å². The summed E-state index contributed by atoms with van der Waals surface area (Å²) in [4.78, 5) is 46.4. The van der Waals surface area contributed by atoms with E-state index in [0.29, 0.717) is 55.4 Å². The molecule has 40 heavy (non-hydrogen) atoms. The molecule has 2 aliphatic heterocycles. The molecule has 0 bridgehead atoms. The van der Waals surface area contributed by atoms with Crippen molar-refractivity contribution in [2.45, 2.75) is 65.0 Å². The molecule has 0 spiro atoms. The molecule has 13 nitrogen and oxygen atoms in total. The SMILES string of the molecule is CCC1=[N+](c2c3n(c4nn(-c5ccnc(OC)c5)nc4c2=O)C(C(=O)O)CC3C)CCN(C(=O)OC(C)(C)C)C1. The van der Waals surface area contributed by atoms with Crippen LogP contribution in [0.2, 0.25) is 0 Å². The highest BCUT2D eigenvalue weighted by molar-refractivity contribution is 5.87. The lowest BCUT2D eigenvalue weighted by Crippen LogP contribution is -2.48. The van der Waals surface area contributed by atoms with E-state index in [-0.39, 0.29) is 22.5 Å². The Morgan fingerprint density at radius 1 is 1.25 bits per heavy atom. The van der Waals surface area contributed by atoms with Crippen LogP contribution in [-0.2, 0) is 9.53 Å². The minimum Gasteiger partial charge on any atom is -0.481 e. The lowest BCUT2D eigenvalue weighted by atomic mass is 10.0. The quantitative estimate of drug-likeness (QED) is 0.472. The number of pyridine rings is 2. The number of carboxylic acids is 1. The summed E-state index contributed by atoms with van der Waals surface area (Å²) in [5, 5.41) is 19.2. The molecule has 0 fully saturated rings. The zero-order valence-corrected chi connectivity index (χ0v) is 23.5. The summed E-state index contributed by atoms with van der Waals surface area (Å²) in [6, 6.07) is 2.40. The van der Waals surface area contributed by atoms with Crippen molar-refractivity contribution in [3.8, 4) is 11.6 Å². The molecule has 2 unspecified atom stereocenters. The molecule has 0 aliphatic carbocycles. The lowest BCUT2D eigenvalue weighted by molar-refractivity contribution is -0.451. The third-order valence-electron chi connectivity index (χ3n) is 7.23. The number of fused-ring (bicyclic) bond motifs is 3. The van der Waals surface area contributed by atoms with Crippen molar-refractivity contribution in [3.63, 3.8) is 0 Å². The van der Waals surface area contributed by atoms with Gasteiger partial charge in [0.2, 0.25) is 5.88 Å². The second kappa shape index (κ2) is 10.0. The predicted molar refractivity (Wildman–Crippen MR) is 145 cm³/mol. The van der Waals surface area contributed by atoms with E-state index in [9.17, 15) is 19.5 Å². The minimum atomic E-state index is -1.00. The number of carbonyl (C=O) groups is 2. The molecule has 3 aromatic heterocycles. The molecule has 0 aromatic carbocycles. The molecular formula is C27H34N7O6+. The summed E-state index contributed by atoms with van der Waals surface area (Å²) in [6.45, 7) is 10.3. The van der Waals surface area contributed by atoms with Crippen LogP contribution in [0.25, 0.3) is 16.9 Å². The van der Waals surface area contributed by atoms with Gasteiger partial charge >= 0.3 is 12.1 Å². The number of aromatic nitrogens is 5. The number of aliphatic carboxylic acids is 1. The zero-order valence-electron chi connectivity index (χ0n) is 23.5. The van der Waals surface area contributed by atoms with Gasteiger partial charge in [-0.25, -0.2) is 14.6 Å². The van der Waals surface area contributed by atoms with Crippen LogP contribution >= 0.6 is 0 Å². The number of hydrogen-bond acceptors (Lipinski definition) is 8. The first-order chi connectivity index (χ1) is 18.9. The number of rotatable bonds is 5. The summed E-state index contributed by atoms with van der Waals surface area (Å²) in [6.07, 6.45) is 2.02. The van der Waals surface area contributed by atoms with Crippen molar-refractivity contribution in [3.05, 3.63) is 34.2 Å². The maximum atomic E-state index is 14.2. The highest BCUT2D eigenvalue weighted by Gasteiger charge is 2.43. The van der Waals surface area contributed by atoms with Crippen LogP contribution in [0.15, 0.2) is 23.1 Å². The van der Waals surface area contributed by atoms with Gasteiger partial charge in [-0.1, -0.05) is 13.8 Å². The largest absolute Gasteiger partial charge is 0.481 e. The minimum absolute atomic E-state index is 0.0694. The Morgan fingerprint density at radius 3 is 2.65 bits per heavy atom. The smallest absolute Gasteiger partial charge is 0.411 e. The Hall–Kier alpha value is -4.29. The Labute approximate surface area is 230 Å². The van der Waals surface area contributed by atoms with Crippen molar-refractivity contribution < 1.29 is 28.7 Å². The van der Waals surface area contributed by atoms with Gasteiger partial charge in [0.1, 0.15) is 18.2 Å². The molecule has 0 saturated carbocycles. The third kappa shape index (κ3) is 4.69. The maximum Gasteiger partial charge on any atom is 0.411 e. The van der Waals surface area contributed by atoms with Crippen LogP contribution in [0.5, 0.6) is 5.88 Å². The zero-order chi connectivity index (χ0) is 28.9. The summed E-state index contributed by atoms with van der Waals surface area (Å²) < 4.78 is 14.4. The van der Waals surface area contributed by atoms with Gasteiger partial charge in [0.25, 0.3) is 11.1 Å². The van der Waals surface area contributed by atoms with E-state index in [2.05, 4.69) is 15.2 Å². The summed E-state index contributed by atoms with van der Waals surface area (Å²) in [5.41, 5.74) is 1.70. The number of carbonyl (C=O) groups excluding carboxylic acids is 1. The summed E-state index contributed by atoms with van der Waals surface area (Å²) in [7, 11) is 1.49. The van der Waals surface area contributed by atoms with Crippen molar-refractivity contribution in [2.24, 2.45) is 0 Å². The molecule has 1 amide bonds. The van der Waals surface area contributed by atoms with Crippen LogP contribution in [0, 0.1) is 0 Å². The Balaban J connectivity index is 1.71. The molecule has 0 saturated heterocycles. The number of nitrogens with zero attached hydrogens (tertiary/aromatic N) is 7. The van der Waals surface area contributed by atoms with Gasteiger partial charge < -0.3 is 19.1 Å². The lowest BCUT2D eigenvalue weighted by Gasteiger charge is -2.29. The van der Waals surface area contributed by atoms with Crippen LogP contribution in [-0.4, -0.2) is 89.2 Å². The summed E-state index contributed by atoms with van der Waals surface area (Å²) in [5.74, 6) is -0.876. The number of carboxylic acid groups (broad SMARTS) is 1. The van der Waals surface area contributed by atoms with E-state index in [0.717, 1.165) is 5.71 Å². The summed E-state index contributed by atoms with van der Waals surface area (Å²) >= 11 is 0. The van der Waals surface area contributed by atoms with Gasteiger partial charge in [-0.3, -0.25) is 9.69 Å². The molecule has 3 aromatic rings. The van der Waals surface area contributed by atoms with Crippen LogP contribution in [0.3, 0.4) is 0 Å². The standard InChI is InChI=1S/C27H33N7O6/c1-7-16-14-31(26(38)40-27(3,4)5)10-11-32(16)22-21-15(2)12-18(25(36)37)33(21)24-20(23(22)35)29-34(30-24)17-8-9-28-19(13-17)39-6/h8-9,13,15,18H,7,10-12,14H2,1-6H3/p+1. The molecule has 5 heterocycles. The molecule has 13 heteroatoms. The van der Waals surface area contributed by atoms with E-state index < -0.39 is 23.7 Å². The van der Waals surface area contributed by atoms with Crippen molar-refractivity contribution >= 4 is 34.6 Å². The average Bonchev–Trinajstić information content (AvgIpc) is 3.50. The highest BCUT2D eigenvalue weighted by Crippen LogP contribution is 2.42. The monoisotopic (exact) mass is 552 g/mol. The highest BCUT2D eigenvalue weighted by atomic mass is 16.6. The third-order valence-corrected chi connectivity index (χ3v) is 7.23. The second-order valence-corrected chi connectivity index (χ2v) is 11.1. The maximum absolute atomic E-state index is 14.2. The van der Waals surface area contributed by atoms with Gasteiger partial charge in [-0.15, -0.1) is 15.0 Å². The second-order valence-electron chi connectivity index (χ2n) is 11.1. The fourth-order valence-electron chi connectivity index (χ4n) is 5.44. The van der Waals surface area contributed by atoms with Crippen molar-refractivity contribution in [2.75, 3.05) is 26.7 Å². The molecule has 1 N–H and O–H groups in total. The van der Waals surface area contributed by atoms with Gasteiger partial charge in [0, 0.05) is 24.6 Å². The number of amides is 1. The van der Waals surface area contributed by atoms with E-state index in [1.807, 2.05) is 39.2 Å². The first-order valence-corrected chi connectivity index (χ1v) is 13.3. The number of ether oxygens (including phenoxy) is 2. The van der Waals surface area contributed by atoms with E-state index in [4.69, 9.17) is 9.47 Å².